The minimum absolute atomic E-state index is 0.0998. The van der Waals surface area contributed by atoms with E-state index >= 15 is 8.78 Å². The summed E-state index contributed by atoms with van der Waals surface area (Å²) in [4.78, 5) is 0. The Morgan fingerprint density at radius 3 is 2.59 bits per heavy atom. The summed E-state index contributed by atoms with van der Waals surface area (Å²) in [6.45, 7) is 4.57. The summed E-state index contributed by atoms with van der Waals surface area (Å²) in [5, 5.41) is 0. The van der Waals surface area contributed by atoms with Crippen molar-refractivity contribution >= 4 is 0 Å². The fourth-order valence-corrected chi connectivity index (χ4v) is 6.44. The van der Waals surface area contributed by atoms with E-state index in [1.165, 1.54) is 38.5 Å². The highest BCUT2D eigenvalue weighted by molar-refractivity contribution is 5.39. The molecule has 5 unspecified atom stereocenters. The Kier molecular flexibility index (Phi) is 5.90. The van der Waals surface area contributed by atoms with Crippen molar-refractivity contribution in [1.82, 2.24) is 0 Å². The molecule has 150 valence electrons. The van der Waals surface area contributed by atoms with Crippen LogP contribution in [0.5, 0.6) is 0 Å². The molecule has 0 aliphatic heterocycles. The Bertz CT molecular complexity index is 665. The molecule has 3 aliphatic carbocycles. The van der Waals surface area contributed by atoms with E-state index in [0.29, 0.717) is 17.4 Å². The maximum Gasteiger partial charge on any atom is 0.133 e. The zero-order chi connectivity index (χ0) is 19.0. The molecule has 0 saturated heterocycles. The van der Waals surface area contributed by atoms with Gasteiger partial charge in [0.25, 0.3) is 0 Å². The number of hydrogen-bond donors (Lipinski definition) is 0. The molecule has 0 aromatic heterocycles. The van der Waals surface area contributed by atoms with Crippen LogP contribution in [0, 0.1) is 35.3 Å². The number of hydrogen-bond acceptors (Lipinski definition) is 0. The largest absolute Gasteiger partial charge is 0.207 e. The molecule has 0 N–H and O–H groups in total. The molecule has 0 amide bonds. The standard InChI is InChI=1S/C25H36F2/c1-3-4-5-17-7-11-22-21(13-17)15-23(26)24(25(22)27)20-10-9-18-12-16(2)6-8-19(18)14-20/h15-20H,3-14H2,1-2H3. The van der Waals surface area contributed by atoms with Gasteiger partial charge in [-0.2, -0.15) is 0 Å². The first kappa shape index (κ1) is 19.4. The monoisotopic (exact) mass is 374 g/mol. The molecule has 4 rings (SSSR count). The second-order valence-electron chi connectivity index (χ2n) is 9.92. The summed E-state index contributed by atoms with van der Waals surface area (Å²) in [5.74, 6) is 2.60. The highest BCUT2D eigenvalue weighted by atomic mass is 19.1. The molecule has 2 fully saturated rings. The van der Waals surface area contributed by atoms with Gasteiger partial charge < -0.3 is 0 Å². The molecule has 0 radical (unpaired) electrons. The fourth-order valence-electron chi connectivity index (χ4n) is 6.44. The van der Waals surface area contributed by atoms with Gasteiger partial charge in [0.05, 0.1) is 0 Å². The first-order valence-electron chi connectivity index (χ1n) is 11.6. The number of benzene rings is 1. The fraction of sp³-hybridized carbons (Fsp3) is 0.760. The molecule has 5 atom stereocenters. The summed E-state index contributed by atoms with van der Waals surface area (Å²) in [6, 6.07) is 1.71. The zero-order valence-corrected chi connectivity index (χ0v) is 17.2. The van der Waals surface area contributed by atoms with Gasteiger partial charge in [0.15, 0.2) is 0 Å². The highest BCUT2D eigenvalue weighted by Crippen LogP contribution is 2.49. The smallest absolute Gasteiger partial charge is 0.133 e. The van der Waals surface area contributed by atoms with Crippen molar-refractivity contribution in [2.75, 3.05) is 0 Å². The number of halogens is 2. The number of unbranched alkanes of at least 4 members (excludes halogenated alkanes) is 1. The van der Waals surface area contributed by atoms with Crippen LogP contribution in [-0.4, -0.2) is 0 Å². The molecule has 1 aromatic carbocycles. The molecular formula is C25H36F2. The van der Waals surface area contributed by atoms with Crippen LogP contribution in [0.25, 0.3) is 0 Å². The Morgan fingerprint density at radius 1 is 1.00 bits per heavy atom. The first-order chi connectivity index (χ1) is 13.1. The Balaban J connectivity index is 1.53. The van der Waals surface area contributed by atoms with Gasteiger partial charge in [0.2, 0.25) is 0 Å². The van der Waals surface area contributed by atoms with Crippen LogP contribution in [0.15, 0.2) is 6.07 Å². The van der Waals surface area contributed by atoms with Gasteiger partial charge in [-0.15, -0.1) is 0 Å². The van der Waals surface area contributed by atoms with Gasteiger partial charge in [-0.1, -0.05) is 39.5 Å². The molecule has 0 bridgehead atoms. The van der Waals surface area contributed by atoms with Crippen molar-refractivity contribution in [1.29, 1.82) is 0 Å². The van der Waals surface area contributed by atoms with Crippen LogP contribution < -0.4 is 0 Å². The van der Waals surface area contributed by atoms with E-state index in [0.717, 1.165) is 61.5 Å². The molecule has 0 nitrogen and oxygen atoms in total. The van der Waals surface area contributed by atoms with Crippen LogP contribution in [0.3, 0.4) is 0 Å². The first-order valence-corrected chi connectivity index (χ1v) is 11.6. The number of fused-ring (bicyclic) bond motifs is 2. The summed E-state index contributed by atoms with van der Waals surface area (Å²) < 4.78 is 30.5. The summed E-state index contributed by atoms with van der Waals surface area (Å²) in [5.41, 5.74) is 2.25. The Morgan fingerprint density at radius 2 is 1.78 bits per heavy atom. The van der Waals surface area contributed by atoms with Gasteiger partial charge in [-0.3, -0.25) is 0 Å². The highest BCUT2D eigenvalue weighted by Gasteiger charge is 2.37. The van der Waals surface area contributed by atoms with Crippen molar-refractivity contribution in [3.63, 3.8) is 0 Å². The van der Waals surface area contributed by atoms with Crippen LogP contribution in [0.4, 0.5) is 8.78 Å². The lowest BCUT2D eigenvalue weighted by Crippen LogP contribution is -2.30. The third-order valence-corrected chi connectivity index (χ3v) is 8.01. The van der Waals surface area contributed by atoms with Crippen molar-refractivity contribution < 1.29 is 8.78 Å². The maximum absolute atomic E-state index is 15.4. The molecule has 2 heteroatoms. The molecule has 0 heterocycles. The van der Waals surface area contributed by atoms with E-state index in [9.17, 15) is 0 Å². The summed E-state index contributed by atoms with van der Waals surface area (Å²) >= 11 is 0. The topological polar surface area (TPSA) is 0 Å². The molecule has 0 spiro atoms. The second kappa shape index (κ2) is 8.21. The average Bonchev–Trinajstić information content (AvgIpc) is 2.66. The van der Waals surface area contributed by atoms with E-state index in [-0.39, 0.29) is 17.6 Å². The molecular weight excluding hydrogens is 338 g/mol. The summed E-state index contributed by atoms with van der Waals surface area (Å²) in [7, 11) is 0. The van der Waals surface area contributed by atoms with Gasteiger partial charge in [0, 0.05) is 5.56 Å². The summed E-state index contributed by atoms with van der Waals surface area (Å²) in [6.07, 6.45) is 13.4. The van der Waals surface area contributed by atoms with Crippen LogP contribution in [0.2, 0.25) is 0 Å². The minimum atomic E-state index is -0.255. The molecule has 27 heavy (non-hydrogen) atoms. The van der Waals surface area contributed by atoms with Gasteiger partial charge >= 0.3 is 0 Å². The maximum atomic E-state index is 15.4. The third kappa shape index (κ3) is 3.96. The Labute approximate surface area is 164 Å². The van der Waals surface area contributed by atoms with Crippen molar-refractivity contribution in [3.8, 4) is 0 Å². The van der Waals surface area contributed by atoms with E-state index in [4.69, 9.17) is 0 Å². The predicted octanol–water partition coefficient (Wildman–Crippen LogP) is 7.58. The van der Waals surface area contributed by atoms with Gasteiger partial charge in [-0.05, 0) is 98.1 Å². The second-order valence-corrected chi connectivity index (χ2v) is 9.92. The molecule has 1 aromatic rings. The van der Waals surface area contributed by atoms with Crippen molar-refractivity contribution in [3.05, 3.63) is 34.4 Å². The van der Waals surface area contributed by atoms with Gasteiger partial charge in [-0.25, -0.2) is 8.78 Å². The quantitative estimate of drug-likeness (QED) is 0.509. The third-order valence-electron chi connectivity index (χ3n) is 8.01. The minimum Gasteiger partial charge on any atom is -0.207 e. The van der Waals surface area contributed by atoms with Crippen molar-refractivity contribution in [2.24, 2.45) is 23.7 Å². The molecule has 3 aliphatic rings. The van der Waals surface area contributed by atoms with Crippen molar-refractivity contribution in [2.45, 2.75) is 96.8 Å². The zero-order valence-electron chi connectivity index (χ0n) is 17.2. The van der Waals surface area contributed by atoms with Gasteiger partial charge in [0.1, 0.15) is 11.6 Å². The lowest BCUT2D eigenvalue weighted by molar-refractivity contribution is 0.122. The van der Waals surface area contributed by atoms with E-state index in [2.05, 4.69) is 13.8 Å². The lowest BCUT2D eigenvalue weighted by atomic mass is 9.64. The van der Waals surface area contributed by atoms with Crippen LogP contribution in [0.1, 0.15) is 101 Å². The van der Waals surface area contributed by atoms with Crippen LogP contribution in [-0.2, 0) is 12.8 Å². The average molecular weight is 375 g/mol. The van der Waals surface area contributed by atoms with E-state index in [1.807, 2.05) is 0 Å². The Hall–Kier alpha value is -0.920. The number of rotatable bonds is 4. The van der Waals surface area contributed by atoms with E-state index in [1.54, 1.807) is 6.07 Å². The lowest BCUT2D eigenvalue weighted by Gasteiger charge is -2.42. The van der Waals surface area contributed by atoms with Crippen LogP contribution >= 0.6 is 0 Å². The normalized spacial score (nSPS) is 33.4. The SMILES string of the molecule is CCCCC1CCc2c(cc(F)c(C3CCC4CC(C)CCC4C3)c2F)C1. The molecule has 2 saturated carbocycles. The van der Waals surface area contributed by atoms with E-state index < -0.39 is 0 Å². The predicted molar refractivity (Wildman–Crippen MR) is 108 cm³/mol.